The fourth-order valence-corrected chi connectivity index (χ4v) is 3.68. The van der Waals surface area contributed by atoms with E-state index in [0.717, 1.165) is 19.3 Å². The van der Waals surface area contributed by atoms with Crippen LogP contribution in [0.25, 0.3) is 0 Å². The number of amides is 1. The van der Waals surface area contributed by atoms with Crippen LogP contribution < -0.4 is 5.32 Å². The van der Waals surface area contributed by atoms with Crippen molar-refractivity contribution in [2.24, 2.45) is 11.8 Å². The van der Waals surface area contributed by atoms with Crippen molar-refractivity contribution in [3.8, 4) is 0 Å². The fourth-order valence-electron chi connectivity index (χ4n) is 3.68. The lowest BCUT2D eigenvalue weighted by Gasteiger charge is -2.18. The molecule has 114 valence electrons. The third-order valence-electron chi connectivity index (χ3n) is 5.14. The van der Waals surface area contributed by atoms with Crippen molar-refractivity contribution in [3.63, 3.8) is 0 Å². The third-order valence-corrected chi connectivity index (χ3v) is 5.14. The molecule has 2 fully saturated rings. The Labute approximate surface area is 126 Å². The Balaban J connectivity index is 1.48. The average molecular weight is 287 g/mol. The Kier molecular flexibility index (Phi) is 4.29. The fraction of sp³-hybridized carbons (Fsp3) is 0.611. The van der Waals surface area contributed by atoms with Gasteiger partial charge in [-0.25, -0.2) is 0 Å². The molecule has 2 N–H and O–H groups in total. The first-order chi connectivity index (χ1) is 10.2. The number of aryl methyl sites for hydroxylation is 1. The van der Waals surface area contributed by atoms with Crippen molar-refractivity contribution < 1.29 is 9.90 Å². The summed E-state index contributed by atoms with van der Waals surface area (Å²) in [7, 11) is 0. The summed E-state index contributed by atoms with van der Waals surface area (Å²) in [6.07, 6.45) is 5.21. The summed E-state index contributed by atoms with van der Waals surface area (Å²) in [6.45, 7) is 2.52. The van der Waals surface area contributed by atoms with Crippen LogP contribution in [0.3, 0.4) is 0 Å². The molecule has 2 aliphatic rings. The predicted molar refractivity (Wildman–Crippen MR) is 83.0 cm³/mol. The quantitative estimate of drug-likeness (QED) is 0.875. The second kappa shape index (κ2) is 6.18. The van der Waals surface area contributed by atoms with Gasteiger partial charge in [-0.15, -0.1) is 0 Å². The molecular weight excluding hydrogens is 262 g/mol. The highest BCUT2D eigenvalue weighted by Crippen LogP contribution is 2.48. The summed E-state index contributed by atoms with van der Waals surface area (Å²) in [5.74, 6) is 0.966. The van der Waals surface area contributed by atoms with Crippen LogP contribution in [0.4, 0.5) is 0 Å². The number of carbonyl (C=O) groups is 1. The van der Waals surface area contributed by atoms with Crippen LogP contribution in [0.15, 0.2) is 24.3 Å². The minimum Gasteiger partial charge on any atom is -0.391 e. The van der Waals surface area contributed by atoms with Gasteiger partial charge in [0.1, 0.15) is 0 Å². The molecule has 1 aromatic carbocycles. The molecule has 3 unspecified atom stereocenters. The molecule has 0 saturated heterocycles. The number of benzene rings is 1. The Morgan fingerprint density at radius 3 is 2.76 bits per heavy atom. The van der Waals surface area contributed by atoms with E-state index in [2.05, 4.69) is 24.4 Å². The van der Waals surface area contributed by atoms with E-state index in [9.17, 15) is 9.90 Å². The Hall–Kier alpha value is -1.35. The average Bonchev–Trinajstić information content (AvgIpc) is 3.08. The first-order valence-corrected chi connectivity index (χ1v) is 8.18. The van der Waals surface area contributed by atoms with E-state index in [1.807, 2.05) is 12.1 Å². The number of nitrogens with one attached hydrogen (secondary N) is 1. The first kappa shape index (κ1) is 14.6. The summed E-state index contributed by atoms with van der Waals surface area (Å²) in [6, 6.07) is 8.31. The van der Waals surface area contributed by atoms with Crippen molar-refractivity contribution in [2.45, 2.75) is 51.0 Å². The van der Waals surface area contributed by atoms with Crippen molar-refractivity contribution in [1.82, 2.24) is 5.32 Å². The predicted octanol–water partition coefficient (Wildman–Crippen LogP) is 2.77. The largest absolute Gasteiger partial charge is 0.391 e. The standard InChI is InChI=1S/C18H25NO2/c1-12-6-2-5-9-14(12)15-10-16(15)18(21)19-11-17(20)13-7-3-4-8-13/h2,5-6,9,13,15-17,20H,3-4,7-8,10-11H2,1H3,(H,19,21). The topological polar surface area (TPSA) is 49.3 Å². The van der Waals surface area contributed by atoms with Gasteiger partial charge in [-0.1, -0.05) is 37.1 Å². The molecule has 3 nitrogen and oxygen atoms in total. The number of carbonyl (C=O) groups excluding carboxylic acids is 1. The van der Waals surface area contributed by atoms with Gasteiger partial charge in [-0.2, -0.15) is 0 Å². The van der Waals surface area contributed by atoms with Crippen LogP contribution >= 0.6 is 0 Å². The van der Waals surface area contributed by atoms with E-state index in [-0.39, 0.29) is 17.9 Å². The lowest BCUT2D eigenvalue weighted by molar-refractivity contribution is -0.123. The Morgan fingerprint density at radius 2 is 2.05 bits per heavy atom. The minimum atomic E-state index is -0.368. The van der Waals surface area contributed by atoms with Gasteiger partial charge in [0.15, 0.2) is 0 Å². The maximum Gasteiger partial charge on any atom is 0.223 e. The first-order valence-electron chi connectivity index (χ1n) is 8.18. The third kappa shape index (κ3) is 3.29. The highest BCUT2D eigenvalue weighted by molar-refractivity contribution is 5.83. The van der Waals surface area contributed by atoms with E-state index < -0.39 is 0 Å². The molecule has 0 aromatic heterocycles. The molecule has 0 aliphatic heterocycles. The van der Waals surface area contributed by atoms with Gasteiger partial charge in [-0.05, 0) is 49.1 Å². The Morgan fingerprint density at radius 1 is 1.33 bits per heavy atom. The molecule has 1 aromatic rings. The molecule has 3 atom stereocenters. The van der Waals surface area contributed by atoms with Crippen LogP contribution in [-0.2, 0) is 4.79 Å². The SMILES string of the molecule is Cc1ccccc1C1CC1C(=O)NCC(O)C1CCCC1. The number of hydrogen-bond donors (Lipinski definition) is 2. The minimum absolute atomic E-state index is 0.0990. The zero-order valence-corrected chi connectivity index (χ0v) is 12.7. The van der Waals surface area contributed by atoms with E-state index >= 15 is 0 Å². The zero-order valence-electron chi connectivity index (χ0n) is 12.7. The van der Waals surface area contributed by atoms with Gasteiger partial charge in [0.25, 0.3) is 0 Å². The van der Waals surface area contributed by atoms with Crippen LogP contribution in [0.1, 0.15) is 49.1 Å². The van der Waals surface area contributed by atoms with Gasteiger partial charge in [0.2, 0.25) is 5.91 Å². The summed E-state index contributed by atoms with van der Waals surface area (Å²) in [5.41, 5.74) is 2.57. The van der Waals surface area contributed by atoms with Crippen LogP contribution in [0.2, 0.25) is 0 Å². The van der Waals surface area contributed by atoms with Crippen LogP contribution in [0.5, 0.6) is 0 Å². The maximum absolute atomic E-state index is 12.2. The summed E-state index contributed by atoms with van der Waals surface area (Å²) < 4.78 is 0. The van der Waals surface area contributed by atoms with Gasteiger partial charge >= 0.3 is 0 Å². The molecule has 0 bridgehead atoms. The Bertz CT molecular complexity index is 508. The number of aliphatic hydroxyl groups is 1. The van der Waals surface area contributed by atoms with Crippen molar-refractivity contribution in [2.75, 3.05) is 6.54 Å². The second-order valence-electron chi connectivity index (χ2n) is 6.66. The van der Waals surface area contributed by atoms with Crippen molar-refractivity contribution in [1.29, 1.82) is 0 Å². The lowest BCUT2D eigenvalue weighted by atomic mass is 10.0. The van der Waals surface area contributed by atoms with E-state index in [1.165, 1.54) is 24.0 Å². The molecule has 3 rings (SSSR count). The summed E-state index contributed by atoms with van der Waals surface area (Å²) in [4.78, 5) is 12.2. The molecule has 0 spiro atoms. The number of aliphatic hydroxyl groups excluding tert-OH is 1. The molecular formula is C18H25NO2. The number of rotatable bonds is 5. The summed E-state index contributed by atoms with van der Waals surface area (Å²) >= 11 is 0. The molecule has 0 heterocycles. The monoisotopic (exact) mass is 287 g/mol. The molecule has 21 heavy (non-hydrogen) atoms. The molecule has 0 radical (unpaired) electrons. The summed E-state index contributed by atoms with van der Waals surface area (Å²) in [5, 5.41) is 13.1. The highest BCUT2D eigenvalue weighted by Gasteiger charge is 2.44. The molecule has 3 heteroatoms. The highest BCUT2D eigenvalue weighted by atomic mass is 16.3. The van der Waals surface area contributed by atoms with Gasteiger partial charge in [-0.3, -0.25) is 4.79 Å². The maximum atomic E-state index is 12.2. The van der Waals surface area contributed by atoms with Crippen molar-refractivity contribution in [3.05, 3.63) is 35.4 Å². The van der Waals surface area contributed by atoms with Crippen LogP contribution in [0, 0.1) is 18.8 Å². The van der Waals surface area contributed by atoms with E-state index in [1.54, 1.807) is 0 Å². The molecule has 2 aliphatic carbocycles. The van der Waals surface area contributed by atoms with Gasteiger partial charge in [0.05, 0.1) is 6.10 Å². The van der Waals surface area contributed by atoms with Crippen molar-refractivity contribution >= 4 is 5.91 Å². The van der Waals surface area contributed by atoms with Gasteiger partial charge < -0.3 is 10.4 Å². The molecule has 2 saturated carbocycles. The van der Waals surface area contributed by atoms with Gasteiger partial charge in [0, 0.05) is 12.5 Å². The lowest BCUT2D eigenvalue weighted by Crippen LogP contribution is -2.36. The molecule has 1 amide bonds. The zero-order chi connectivity index (χ0) is 14.8. The van der Waals surface area contributed by atoms with Crippen LogP contribution in [-0.4, -0.2) is 23.7 Å². The normalized spacial score (nSPS) is 26.6. The smallest absolute Gasteiger partial charge is 0.223 e. The van der Waals surface area contributed by atoms with E-state index in [4.69, 9.17) is 0 Å². The number of hydrogen-bond acceptors (Lipinski definition) is 2. The van der Waals surface area contributed by atoms with E-state index in [0.29, 0.717) is 18.4 Å². The second-order valence-corrected chi connectivity index (χ2v) is 6.66.